The highest BCUT2D eigenvalue weighted by Gasteiger charge is 2.16. The molecule has 0 saturated heterocycles. The van der Waals surface area contributed by atoms with Gasteiger partial charge in [-0.05, 0) is 24.3 Å². The number of benzene rings is 1. The number of hydrogen-bond donors (Lipinski definition) is 0. The fraction of sp³-hybridized carbons (Fsp3) is 0. The quantitative estimate of drug-likeness (QED) is 0.699. The van der Waals surface area contributed by atoms with Gasteiger partial charge in [-0.3, -0.25) is 4.98 Å². The minimum Gasteiger partial charge on any atom is -0.267 e. The molecule has 0 aliphatic heterocycles. The van der Waals surface area contributed by atoms with Gasteiger partial charge < -0.3 is 0 Å². The molecular weight excluding hydrogens is 238 g/mol. The summed E-state index contributed by atoms with van der Waals surface area (Å²) >= 11 is 0. The molecule has 0 fully saturated rings. The average Bonchev–Trinajstić information content (AvgIpc) is 2.30. The van der Waals surface area contributed by atoms with Crippen molar-refractivity contribution in [1.29, 1.82) is 0 Å². The first-order valence-electron chi connectivity index (χ1n) is 4.83. The van der Waals surface area contributed by atoms with E-state index in [9.17, 15) is 8.42 Å². The highest BCUT2D eigenvalue weighted by atomic mass is 32.2. The number of aromatic nitrogens is 1. The van der Waals surface area contributed by atoms with Crippen LogP contribution in [0, 0.1) is 0 Å². The van der Waals surface area contributed by atoms with Gasteiger partial charge in [0.2, 0.25) is 9.84 Å². The minimum atomic E-state index is -3.38. The lowest BCUT2D eigenvalue weighted by Gasteiger charge is -2.04. The Bertz CT molecular complexity index is 596. The van der Waals surface area contributed by atoms with Crippen molar-refractivity contribution < 1.29 is 8.42 Å². The Morgan fingerprint density at radius 1 is 1.00 bits per heavy atom. The molecule has 0 unspecified atom stereocenters. The molecule has 0 bridgehead atoms. The van der Waals surface area contributed by atoms with Crippen LogP contribution >= 0.6 is 0 Å². The second-order valence-corrected chi connectivity index (χ2v) is 6.42. The molecule has 0 aliphatic rings. The molecule has 0 atom stereocenters. The Kier molecular flexibility index (Phi) is 2.89. The van der Waals surface area contributed by atoms with E-state index in [-0.39, 0.29) is 0 Å². The summed E-state index contributed by atoms with van der Waals surface area (Å²) in [4.78, 5) is 4.68. The summed E-state index contributed by atoms with van der Waals surface area (Å²) in [7, 11) is -2.64. The van der Waals surface area contributed by atoms with E-state index >= 15 is 0 Å². The molecule has 0 radical (unpaired) electrons. The Morgan fingerprint density at radius 2 is 1.69 bits per heavy atom. The van der Waals surface area contributed by atoms with E-state index < -0.39 is 9.84 Å². The van der Waals surface area contributed by atoms with Crippen molar-refractivity contribution >= 4 is 25.4 Å². The lowest BCUT2D eigenvalue weighted by Crippen LogP contribution is -2.11. The molecule has 1 aromatic heterocycles. The van der Waals surface area contributed by atoms with E-state index in [0.29, 0.717) is 9.79 Å². The van der Waals surface area contributed by atoms with Crippen LogP contribution in [0.3, 0.4) is 0 Å². The summed E-state index contributed by atoms with van der Waals surface area (Å²) in [5, 5.41) is 0.831. The molecule has 5 heteroatoms. The predicted octanol–water partition coefficient (Wildman–Crippen LogP) is -0.0949. The van der Waals surface area contributed by atoms with Gasteiger partial charge in [-0.15, -0.1) is 0 Å². The summed E-state index contributed by atoms with van der Waals surface area (Å²) in [6, 6.07) is 11.6. The normalized spacial score (nSPS) is 11.5. The van der Waals surface area contributed by atoms with E-state index in [1.165, 1.54) is 12.3 Å². The van der Waals surface area contributed by atoms with Crippen LogP contribution in [0.15, 0.2) is 58.5 Å². The molecule has 0 amide bonds. The van der Waals surface area contributed by atoms with Gasteiger partial charge in [-0.25, -0.2) is 8.42 Å². The highest BCUT2D eigenvalue weighted by molar-refractivity contribution is 7.91. The van der Waals surface area contributed by atoms with Gasteiger partial charge in [0.15, 0.2) is 0 Å². The lowest BCUT2D eigenvalue weighted by molar-refractivity contribution is 0.596. The Balaban J connectivity index is 2.56. The molecule has 0 N–H and O–H groups in total. The summed E-state index contributed by atoms with van der Waals surface area (Å²) < 4.78 is 24.3. The average molecular weight is 249 g/mol. The van der Waals surface area contributed by atoms with Crippen LogP contribution in [-0.4, -0.2) is 23.6 Å². The van der Waals surface area contributed by atoms with Crippen LogP contribution in [-0.2, 0) is 9.84 Å². The zero-order valence-corrected chi connectivity index (χ0v) is 11.6. The van der Waals surface area contributed by atoms with Crippen LogP contribution in [0.1, 0.15) is 0 Å². The first kappa shape index (κ1) is 11.0. The van der Waals surface area contributed by atoms with Crippen molar-refractivity contribution in [3.8, 4) is 0 Å². The van der Waals surface area contributed by atoms with Gasteiger partial charge in [-0.1, -0.05) is 18.2 Å². The Hall–Kier alpha value is -1.46. The maximum absolute atomic E-state index is 12.2. The largest absolute Gasteiger partial charge is 0.267 e. The molecule has 1 aromatic carbocycles. The van der Waals surface area contributed by atoms with Gasteiger partial charge in [0.25, 0.3) is 0 Å². The molecule has 2 rings (SSSR count). The summed E-state index contributed by atoms with van der Waals surface area (Å²) in [6.45, 7) is 0. The molecule has 1 heterocycles. The van der Waals surface area contributed by atoms with Crippen LogP contribution in [0.5, 0.6) is 0 Å². The fourth-order valence-corrected chi connectivity index (χ4v) is 3.45. The molecule has 82 valence electrons. The molecular formula is C11H11NO2SSi. The minimum absolute atomic E-state index is 0.318. The summed E-state index contributed by atoms with van der Waals surface area (Å²) in [5.41, 5.74) is 0. The smallest absolute Gasteiger partial charge is 0.206 e. The van der Waals surface area contributed by atoms with Crippen molar-refractivity contribution in [2.24, 2.45) is 0 Å². The second kappa shape index (κ2) is 4.19. The molecule has 3 nitrogen and oxygen atoms in total. The zero-order chi connectivity index (χ0) is 11.6. The lowest BCUT2D eigenvalue weighted by atomic mass is 10.4. The third-order valence-electron chi connectivity index (χ3n) is 2.23. The van der Waals surface area contributed by atoms with Crippen molar-refractivity contribution in [2.45, 2.75) is 9.79 Å². The molecule has 2 aromatic rings. The third kappa shape index (κ3) is 2.05. The van der Waals surface area contributed by atoms with Gasteiger partial charge >= 0.3 is 0 Å². The van der Waals surface area contributed by atoms with Crippen molar-refractivity contribution in [3.63, 3.8) is 0 Å². The zero-order valence-electron chi connectivity index (χ0n) is 8.79. The van der Waals surface area contributed by atoms with Crippen molar-refractivity contribution in [3.05, 3.63) is 48.7 Å². The number of sulfone groups is 1. The number of rotatable bonds is 2. The predicted molar refractivity (Wildman–Crippen MR) is 65.7 cm³/mol. The molecule has 0 aliphatic carbocycles. The first-order chi connectivity index (χ1) is 7.60. The van der Waals surface area contributed by atoms with E-state index in [0.717, 1.165) is 15.6 Å². The van der Waals surface area contributed by atoms with Crippen molar-refractivity contribution in [1.82, 2.24) is 4.98 Å². The number of pyridine rings is 1. The fourth-order valence-electron chi connectivity index (χ4n) is 1.42. The van der Waals surface area contributed by atoms with Crippen LogP contribution in [0.4, 0.5) is 0 Å². The van der Waals surface area contributed by atoms with E-state index in [1.54, 1.807) is 36.4 Å². The topological polar surface area (TPSA) is 47.0 Å². The van der Waals surface area contributed by atoms with E-state index in [2.05, 4.69) is 4.98 Å². The maximum atomic E-state index is 12.2. The van der Waals surface area contributed by atoms with Crippen LogP contribution in [0.2, 0.25) is 0 Å². The second-order valence-electron chi connectivity index (χ2n) is 3.45. The van der Waals surface area contributed by atoms with E-state index in [1.807, 2.05) is 0 Å². The SMILES string of the molecule is O=S(=O)(c1ccccc1)c1ccnc([SiH3])c1. The monoisotopic (exact) mass is 249 g/mol. The summed E-state index contributed by atoms with van der Waals surface area (Å²) in [6.07, 6.45) is 1.54. The van der Waals surface area contributed by atoms with Crippen molar-refractivity contribution in [2.75, 3.05) is 0 Å². The molecule has 16 heavy (non-hydrogen) atoms. The Morgan fingerprint density at radius 3 is 2.31 bits per heavy atom. The maximum Gasteiger partial charge on any atom is 0.206 e. The summed E-state index contributed by atoms with van der Waals surface area (Å²) in [5.74, 6) is 0. The first-order valence-corrected chi connectivity index (χ1v) is 7.32. The highest BCUT2D eigenvalue weighted by Crippen LogP contribution is 2.18. The van der Waals surface area contributed by atoms with Gasteiger partial charge in [0.1, 0.15) is 0 Å². The van der Waals surface area contributed by atoms with Crippen LogP contribution < -0.4 is 5.32 Å². The van der Waals surface area contributed by atoms with Crippen LogP contribution in [0.25, 0.3) is 0 Å². The standard InChI is InChI=1S/C11H11NO2SSi/c13-15(14,9-4-2-1-3-5-9)10-6-7-12-11(16)8-10/h1-8H,16H3. The molecule has 0 saturated carbocycles. The number of nitrogens with zero attached hydrogens (tertiary/aromatic N) is 1. The Labute approximate surface area is 97.5 Å². The van der Waals surface area contributed by atoms with E-state index in [4.69, 9.17) is 0 Å². The van der Waals surface area contributed by atoms with Gasteiger partial charge in [-0.2, -0.15) is 0 Å². The van der Waals surface area contributed by atoms with Gasteiger partial charge in [0.05, 0.1) is 20.0 Å². The molecule has 0 spiro atoms. The third-order valence-corrected chi connectivity index (χ3v) is 4.55. The van der Waals surface area contributed by atoms with Gasteiger partial charge in [0, 0.05) is 11.5 Å². The number of hydrogen-bond acceptors (Lipinski definition) is 3.